The molecule has 0 saturated carbocycles. The number of aromatic hydroxyl groups is 1. The Hall–Kier alpha value is -1.62. The molecule has 0 aliphatic carbocycles. The second-order valence-electron chi connectivity index (χ2n) is 7.71. The number of aromatic nitrogens is 1. The molecule has 0 bridgehead atoms. The Morgan fingerprint density at radius 2 is 1.57 bits per heavy atom. The van der Waals surface area contributed by atoms with Gasteiger partial charge in [-0.1, -0.05) is 71.6 Å². The predicted octanol–water partition coefficient (Wildman–Crippen LogP) is 5.91. The first-order chi connectivity index (χ1) is 13.4. The lowest BCUT2D eigenvalue weighted by molar-refractivity contribution is -0.00898. The molecule has 0 saturated heterocycles. The fraction of sp³-hybridized carbons (Fsp3) is 0.739. The van der Waals surface area contributed by atoms with E-state index in [1.165, 1.54) is 68.9 Å². The molecule has 1 unspecified atom stereocenters. The van der Waals surface area contributed by atoms with E-state index in [-0.39, 0.29) is 22.8 Å². The van der Waals surface area contributed by atoms with Crippen LogP contribution in [-0.2, 0) is 4.74 Å². The number of unbranched alkanes of at least 4 members (excludes halogenated alkanes) is 9. The van der Waals surface area contributed by atoms with E-state index in [1.54, 1.807) is 6.92 Å². The fourth-order valence-electron chi connectivity index (χ4n) is 3.63. The van der Waals surface area contributed by atoms with E-state index in [0.717, 1.165) is 12.8 Å². The third-order valence-corrected chi connectivity index (χ3v) is 5.22. The molecule has 0 aliphatic heterocycles. The van der Waals surface area contributed by atoms with Crippen molar-refractivity contribution in [3.8, 4) is 5.88 Å². The van der Waals surface area contributed by atoms with Gasteiger partial charge in [0.1, 0.15) is 6.23 Å². The van der Waals surface area contributed by atoms with Gasteiger partial charge < -0.3 is 9.84 Å². The minimum absolute atomic E-state index is 0.195. The van der Waals surface area contributed by atoms with E-state index >= 15 is 0 Å². The molecule has 0 fully saturated rings. The van der Waals surface area contributed by atoms with Gasteiger partial charge in [0.15, 0.2) is 5.78 Å². The minimum Gasteiger partial charge on any atom is -0.494 e. The fourth-order valence-corrected chi connectivity index (χ4v) is 3.63. The number of carbonyl (C=O) groups is 1. The molecular weight excluding hydrogens is 354 g/mol. The third kappa shape index (κ3) is 7.78. The van der Waals surface area contributed by atoms with E-state index in [2.05, 4.69) is 6.92 Å². The molecule has 0 amide bonds. The number of aryl methyl sites for hydroxylation is 1. The summed E-state index contributed by atoms with van der Waals surface area (Å²) < 4.78 is 7.09. The van der Waals surface area contributed by atoms with E-state index in [4.69, 9.17) is 4.74 Å². The van der Waals surface area contributed by atoms with Crippen LogP contribution in [0.3, 0.4) is 0 Å². The molecule has 5 nitrogen and oxygen atoms in total. The molecule has 1 aromatic heterocycles. The van der Waals surface area contributed by atoms with Crippen LogP contribution in [0.25, 0.3) is 0 Å². The Bertz CT molecular complexity index is 651. The topological polar surface area (TPSA) is 68.5 Å². The SMILES string of the molecule is CCCCCCCCCCCCOC(CC)n1c(O)c(C(C)=O)c(C)cc1=O. The molecule has 0 aromatic carbocycles. The quantitative estimate of drug-likeness (QED) is 0.297. The average molecular weight is 394 g/mol. The van der Waals surface area contributed by atoms with Crippen molar-refractivity contribution < 1.29 is 14.6 Å². The highest BCUT2D eigenvalue weighted by Crippen LogP contribution is 2.25. The number of Topliss-reactive ketones (excluding diaryl/α,β-unsaturated/α-hetero) is 1. The van der Waals surface area contributed by atoms with Gasteiger partial charge in [-0.15, -0.1) is 0 Å². The summed E-state index contributed by atoms with van der Waals surface area (Å²) in [4.78, 5) is 24.2. The summed E-state index contributed by atoms with van der Waals surface area (Å²) in [5.41, 5.74) is 0.353. The van der Waals surface area contributed by atoms with Crippen molar-refractivity contribution >= 4 is 5.78 Å². The van der Waals surface area contributed by atoms with Crippen molar-refractivity contribution in [2.75, 3.05) is 6.61 Å². The van der Waals surface area contributed by atoms with Gasteiger partial charge in [0.25, 0.3) is 5.56 Å². The highest BCUT2D eigenvalue weighted by Gasteiger charge is 2.21. The number of carbonyl (C=O) groups excluding carboxylic acids is 1. The zero-order chi connectivity index (χ0) is 20.9. The second kappa shape index (κ2) is 13.5. The smallest absolute Gasteiger partial charge is 0.255 e. The van der Waals surface area contributed by atoms with E-state index in [1.807, 2.05) is 6.92 Å². The number of hydrogen-bond donors (Lipinski definition) is 1. The Kier molecular flexibility index (Phi) is 11.8. The Labute approximate surface area is 170 Å². The monoisotopic (exact) mass is 393 g/mol. The van der Waals surface area contributed by atoms with Crippen LogP contribution in [0.5, 0.6) is 5.88 Å². The summed E-state index contributed by atoms with van der Waals surface area (Å²) in [5, 5.41) is 10.5. The van der Waals surface area contributed by atoms with Crippen molar-refractivity contribution in [2.45, 2.75) is 105 Å². The highest BCUT2D eigenvalue weighted by molar-refractivity contribution is 5.97. The van der Waals surface area contributed by atoms with Crippen LogP contribution < -0.4 is 5.56 Å². The lowest BCUT2D eigenvalue weighted by Crippen LogP contribution is -2.28. The van der Waals surface area contributed by atoms with Crippen molar-refractivity contribution in [1.82, 2.24) is 4.57 Å². The lowest BCUT2D eigenvalue weighted by Gasteiger charge is -2.22. The average Bonchev–Trinajstić information content (AvgIpc) is 2.63. The minimum atomic E-state index is -0.551. The van der Waals surface area contributed by atoms with Gasteiger partial charge in [-0.05, 0) is 32.3 Å². The van der Waals surface area contributed by atoms with Crippen LogP contribution in [0.1, 0.15) is 114 Å². The normalized spacial score (nSPS) is 12.3. The third-order valence-electron chi connectivity index (χ3n) is 5.22. The molecule has 0 spiro atoms. The second-order valence-corrected chi connectivity index (χ2v) is 7.71. The van der Waals surface area contributed by atoms with Crippen LogP contribution >= 0.6 is 0 Å². The number of nitrogens with zero attached hydrogens (tertiary/aromatic N) is 1. The maximum absolute atomic E-state index is 12.3. The van der Waals surface area contributed by atoms with Crippen molar-refractivity contribution in [3.05, 3.63) is 27.5 Å². The maximum atomic E-state index is 12.3. The molecule has 1 aromatic rings. The number of rotatable bonds is 15. The number of hydrogen-bond acceptors (Lipinski definition) is 4. The largest absolute Gasteiger partial charge is 0.494 e. The Morgan fingerprint density at radius 1 is 1.04 bits per heavy atom. The molecular formula is C23H39NO4. The first kappa shape index (κ1) is 24.4. The molecule has 5 heteroatoms. The number of ether oxygens (including phenoxy) is 1. The van der Waals surface area contributed by atoms with Gasteiger partial charge in [0.2, 0.25) is 5.88 Å². The van der Waals surface area contributed by atoms with Gasteiger partial charge in [-0.25, -0.2) is 0 Å². The summed E-state index contributed by atoms with van der Waals surface area (Å²) in [5.74, 6) is -0.541. The van der Waals surface area contributed by atoms with E-state index in [0.29, 0.717) is 18.6 Å². The maximum Gasteiger partial charge on any atom is 0.255 e. The molecule has 28 heavy (non-hydrogen) atoms. The summed E-state index contributed by atoms with van der Waals surface area (Å²) >= 11 is 0. The summed E-state index contributed by atoms with van der Waals surface area (Å²) in [6.45, 7) is 7.74. The van der Waals surface area contributed by atoms with Gasteiger partial charge in [-0.2, -0.15) is 0 Å². The summed E-state index contributed by atoms with van der Waals surface area (Å²) in [7, 11) is 0. The first-order valence-corrected chi connectivity index (χ1v) is 11.0. The molecule has 1 heterocycles. The molecule has 1 atom stereocenters. The van der Waals surface area contributed by atoms with Gasteiger partial charge in [-0.3, -0.25) is 14.2 Å². The Morgan fingerprint density at radius 3 is 2.07 bits per heavy atom. The summed E-state index contributed by atoms with van der Waals surface area (Å²) in [6.07, 6.45) is 12.5. The molecule has 160 valence electrons. The van der Waals surface area contributed by atoms with Crippen LogP contribution in [0.4, 0.5) is 0 Å². The standard InChI is InChI=1S/C23H39NO4/c1-5-7-8-9-10-11-12-13-14-15-16-28-21(6-2)24-20(26)17-18(3)22(19(4)25)23(24)27/h17,21,27H,5-16H2,1-4H3. The molecule has 1 rings (SSSR count). The van der Waals surface area contributed by atoms with Crippen molar-refractivity contribution in [2.24, 2.45) is 0 Å². The summed E-state index contributed by atoms with van der Waals surface area (Å²) in [6, 6.07) is 1.39. The first-order valence-electron chi connectivity index (χ1n) is 11.0. The molecule has 0 aliphatic rings. The van der Waals surface area contributed by atoms with Gasteiger partial charge in [0.05, 0.1) is 5.56 Å². The van der Waals surface area contributed by atoms with Crippen LogP contribution in [0, 0.1) is 6.92 Å². The highest BCUT2D eigenvalue weighted by atomic mass is 16.5. The number of ketones is 1. The van der Waals surface area contributed by atoms with Crippen LogP contribution in [0.2, 0.25) is 0 Å². The lowest BCUT2D eigenvalue weighted by atomic mass is 10.1. The van der Waals surface area contributed by atoms with E-state index in [9.17, 15) is 14.7 Å². The number of pyridine rings is 1. The van der Waals surface area contributed by atoms with Crippen molar-refractivity contribution in [3.63, 3.8) is 0 Å². The molecule has 1 N–H and O–H groups in total. The zero-order valence-corrected chi connectivity index (χ0v) is 18.3. The van der Waals surface area contributed by atoms with Crippen LogP contribution in [0.15, 0.2) is 10.9 Å². The van der Waals surface area contributed by atoms with E-state index < -0.39 is 6.23 Å². The van der Waals surface area contributed by atoms with Gasteiger partial charge in [0, 0.05) is 12.7 Å². The van der Waals surface area contributed by atoms with Gasteiger partial charge >= 0.3 is 0 Å². The van der Waals surface area contributed by atoms with Crippen molar-refractivity contribution in [1.29, 1.82) is 0 Å². The molecule has 0 radical (unpaired) electrons. The zero-order valence-electron chi connectivity index (χ0n) is 18.3. The Balaban J connectivity index is 2.43. The van der Waals surface area contributed by atoms with Crippen LogP contribution in [-0.4, -0.2) is 22.1 Å². The predicted molar refractivity (Wildman–Crippen MR) is 114 cm³/mol.